The topological polar surface area (TPSA) is 69.6 Å². The maximum atomic E-state index is 6.18. The lowest BCUT2D eigenvalue weighted by atomic mass is 10.1. The molecular weight excluding hydrogens is 314 g/mol. The summed E-state index contributed by atoms with van der Waals surface area (Å²) in [6, 6.07) is -0.0759. The van der Waals surface area contributed by atoms with Gasteiger partial charge in [-0.1, -0.05) is 11.4 Å². The van der Waals surface area contributed by atoms with Crippen molar-refractivity contribution in [3.63, 3.8) is 0 Å². The average molecular weight is 330 g/mol. The normalized spacial score (nSPS) is 12.9. The molecule has 2 N–H and O–H groups in total. The number of rotatable bonds is 5. The van der Waals surface area contributed by atoms with Crippen molar-refractivity contribution in [2.75, 3.05) is 0 Å². The van der Waals surface area contributed by atoms with Gasteiger partial charge in [-0.25, -0.2) is 0 Å². The summed E-state index contributed by atoms with van der Waals surface area (Å²) >= 11 is 4.98. The van der Waals surface area contributed by atoms with Crippen LogP contribution in [-0.4, -0.2) is 19.4 Å². The quantitative estimate of drug-likeness (QED) is 0.913. The molecule has 7 heteroatoms. The summed E-state index contributed by atoms with van der Waals surface area (Å²) in [4.78, 5) is 1.00. The van der Waals surface area contributed by atoms with Crippen molar-refractivity contribution >= 4 is 27.5 Å². The minimum absolute atomic E-state index is 0.0759. The molecule has 0 aliphatic carbocycles. The summed E-state index contributed by atoms with van der Waals surface area (Å²) in [7, 11) is 0. The number of halogens is 1. The number of aromatic nitrogens is 4. The number of aryl methyl sites for hydroxylation is 2. The molecule has 2 aromatic heterocycles. The maximum absolute atomic E-state index is 6.18. The Balaban J connectivity index is 2.25. The van der Waals surface area contributed by atoms with E-state index in [-0.39, 0.29) is 6.04 Å². The molecule has 0 amide bonds. The summed E-state index contributed by atoms with van der Waals surface area (Å²) in [6.45, 7) is 5.04. The number of hydrogen-bond donors (Lipinski definition) is 1. The fourth-order valence-electron chi connectivity index (χ4n) is 1.86. The van der Waals surface area contributed by atoms with Crippen LogP contribution in [0.15, 0.2) is 10.7 Å². The Labute approximate surface area is 119 Å². The molecule has 0 aromatic carbocycles. The van der Waals surface area contributed by atoms with Crippen LogP contribution in [0.25, 0.3) is 0 Å². The zero-order chi connectivity index (χ0) is 13.1. The van der Waals surface area contributed by atoms with E-state index in [4.69, 9.17) is 5.73 Å². The van der Waals surface area contributed by atoms with Gasteiger partial charge < -0.3 is 5.73 Å². The fourth-order valence-corrected chi connectivity index (χ4v) is 3.09. The Morgan fingerprint density at radius 3 is 2.83 bits per heavy atom. The Morgan fingerprint density at radius 1 is 1.50 bits per heavy atom. The van der Waals surface area contributed by atoms with Gasteiger partial charge in [0.1, 0.15) is 0 Å². The van der Waals surface area contributed by atoms with Crippen molar-refractivity contribution in [3.05, 3.63) is 26.9 Å². The fraction of sp³-hybridized carbons (Fsp3) is 0.545. The van der Waals surface area contributed by atoms with E-state index < -0.39 is 0 Å². The van der Waals surface area contributed by atoms with Crippen molar-refractivity contribution < 1.29 is 0 Å². The highest BCUT2D eigenvalue weighted by Crippen LogP contribution is 2.27. The van der Waals surface area contributed by atoms with Crippen LogP contribution in [0.1, 0.15) is 36.2 Å². The third-order valence-electron chi connectivity index (χ3n) is 2.85. The van der Waals surface area contributed by atoms with Crippen molar-refractivity contribution in [1.29, 1.82) is 0 Å². The molecule has 2 aromatic rings. The molecule has 98 valence electrons. The highest BCUT2D eigenvalue weighted by molar-refractivity contribution is 9.10. The Kier molecular flexibility index (Phi) is 4.47. The van der Waals surface area contributed by atoms with E-state index in [9.17, 15) is 0 Å². The second kappa shape index (κ2) is 5.90. The second-order valence-corrected chi connectivity index (χ2v) is 5.62. The summed E-state index contributed by atoms with van der Waals surface area (Å²) in [5.41, 5.74) is 8.42. The Morgan fingerprint density at radius 2 is 2.28 bits per heavy atom. The summed E-state index contributed by atoms with van der Waals surface area (Å²) < 4.78 is 6.94. The third-order valence-corrected chi connectivity index (χ3v) is 4.56. The smallest absolute Gasteiger partial charge is 0.0766 e. The highest BCUT2D eigenvalue weighted by atomic mass is 79.9. The standard InChI is InChI=1S/C11H16BrN5S/c1-3-8-11(12)9(17(4-2)15-8)5-7(13)10-6-14-16-18-10/h6-7H,3-5,13H2,1-2H3. The first-order valence-corrected chi connectivity index (χ1v) is 7.50. The first-order valence-electron chi connectivity index (χ1n) is 5.94. The van der Waals surface area contributed by atoms with Gasteiger partial charge in [-0.05, 0) is 40.8 Å². The maximum Gasteiger partial charge on any atom is 0.0766 e. The van der Waals surface area contributed by atoms with Gasteiger partial charge in [0, 0.05) is 19.0 Å². The summed E-state index contributed by atoms with van der Waals surface area (Å²) in [5.74, 6) is 0. The van der Waals surface area contributed by atoms with E-state index in [0.717, 1.165) is 40.1 Å². The van der Waals surface area contributed by atoms with Crippen LogP contribution in [0.4, 0.5) is 0 Å². The van der Waals surface area contributed by atoms with Gasteiger partial charge >= 0.3 is 0 Å². The van der Waals surface area contributed by atoms with E-state index in [1.807, 2.05) is 4.68 Å². The molecule has 0 aliphatic rings. The molecule has 0 bridgehead atoms. The predicted octanol–water partition coefficient (Wildman–Crippen LogP) is 2.32. The van der Waals surface area contributed by atoms with E-state index in [2.05, 4.69) is 44.5 Å². The molecule has 0 aliphatic heterocycles. The molecular formula is C11H16BrN5S. The van der Waals surface area contributed by atoms with Gasteiger partial charge in [-0.2, -0.15) is 5.10 Å². The van der Waals surface area contributed by atoms with Crippen LogP contribution < -0.4 is 5.73 Å². The largest absolute Gasteiger partial charge is 0.323 e. The van der Waals surface area contributed by atoms with Crippen LogP contribution >= 0.6 is 27.5 Å². The number of nitrogens with two attached hydrogens (primary N) is 1. The minimum Gasteiger partial charge on any atom is -0.323 e. The predicted molar refractivity (Wildman–Crippen MR) is 75.5 cm³/mol. The molecule has 0 fully saturated rings. The highest BCUT2D eigenvalue weighted by Gasteiger charge is 2.18. The van der Waals surface area contributed by atoms with Crippen LogP contribution in [0, 0.1) is 0 Å². The van der Waals surface area contributed by atoms with Crippen molar-refractivity contribution in [1.82, 2.24) is 19.4 Å². The zero-order valence-electron chi connectivity index (χ0n) is 10.4. The summed E-state index contributed by atoms with van der Waals surface area (Å²) in [5, 5.41) is 8.39. The van der Waals surface area contributed by atoms with Crippen LogP contribution in [0.3, 0.4) is 0 Å². The molecule has 0 saturated heterocycles. The lowest BCUT2D eigenvalue weighted by Gasteiger charge is -2.10. The minimum atomic E-state index is -0.0759. The van der Waals surface area contributed by atoms with E-state index in [0.29, 0.717) is 0 Å². The SMILES string of the molecule is CCc1nn(CC)c(CC(N)c2cnns2)c1Br. The lowest BCUT2D eigenvalue weighted by molar-refractivity contribution is 0.587. The van der Waals surface area contributed by atoms with Crippen molar-refractivity contribution in [2.45, 2.75) is 39.3 Å². The molecule has 5 nitrogen and oxygen atoms in total. The van der Waals surface area contributed by atoms with Gasteiger partial charge in [0.15, 0.2) is 0 Å². The van der Waals surface area contributed by atoms with Crippen molar-refractivity contribution in [2.24, 2.45) is 5.73 Å². The van der Waals surface area contributed by atoms with E-state index >= 15 is 0 Å². The molecule has 0 spiro atoms. The average Bonchev–Trinajstić information content (AvgIpc) is 2.99. The Bertz CT molecular complexity index is 508. The van der Waals surface area contributed by atoms with Crippen LogP contribution in [-0.2, 0) is 19.4 Å². The molecule has 0 saturated carbocycles. The number of nitrogens with zero attached hydrogens (tertiary/aromatic N) is 4. The van der Waals surface area contributed by atoms with E-state index in [1.54, 1.807) is 6.20 Å². The molecule has 0 radical (unpaired) electrons. The van der Waals surface area contributed by atoms with Crippen LogP contribution in [0.5, 0.6) is 0 Å². The van der Waals surface area contributed by atoms with Crippen molar-refractivity contribution in [3.8, 4) is 0 Å². The molecule has 1 atom stereocenters. The van der Waals surface area contributed by atoms with E-state index in [1.165, 1.54) is 11.5 Å². The molecule has 2 rings (SSSR count). The second-order valence-electron chi connectivity index (χ2n) is 4.01. The van der Waals surface area contributed by atoms with Gasteiger partial charge in [-0.3, -0.25) is 4.68 Å². The zero-order valence-corrected chi connectivity index (χ0v) is 12.8. The van der Waals surface area contributed by atoms with Gasteiger partial charge in [0.25, 0.3) is 0 Å². The Hall–Kier alpha value is -0.790. The molecule has 18 heavy (non-hydrogen) atoms. The molecule has 2 heterocycles. The van der Waals surface area contributed by atoms with Gasteiger partial charge in [0.2, 0.25) is 0 Å². The monoisotopic (exact) mass is 329 g/mol. The number of hydrogen-bond acceptors (Lipinski definition) is 5. The van der Waals surface area contributed by atoms with Gasteiger partial charge in [0.05, 0.1) is 26.9 Å². The first-order chi connectivity index (χ1) is 8.67. The molecule has 1 unspecified atom stereocenters. The van der Waals surface area contributed by atoms with Crippen LogP contribution in [0.2, 0.25) is 0 Å². The van der Waals surface area contributed by atoms with Gasteiger partial charge in [-0.15, -0.1) is 5.10 Å². The lowest BCUT2D eigenvalue weighted by Crippen LogP contribution is -2.15. The first kappa shape index (κ1) is 13.6. The third kappa shape index (κ3) is 2.62. The summed E-state index contributed by atoms with van der Waals surface area (Å²) in [6.07, 6.45) is 3.39.